The maximum Gasteiger partial charge on any atom is 0.212 e. The Morgan fingerprint density at radius 1 is 1.32 bits per heavy atom. The summed E-state index contributed by atoms with van der Waals surface area (Å²) < 4.78 is 7.14. The number of hydrogen-bond donors (Lipinski definition) is 0. The first-order valence-corrected chi connectivity index (χ1v) is 7.09. The van der Waals surface area contributed by atoms with E-state index in [2.05, 4.69) is 29.1 Å². The van der Waals surface area contributed by atoms with E-state index < -0.39 is 0 Å². The van der Waals surface area contributed by atoms with Gasteiger partial charge in [-0.15, -0.1) is 10.2 Å². The maximum absolute atomic E-state index is 5.36. The molecule has 98 valence electrons. The van der Waals surface area contributed by atoms with E-state index in [1.165, 1.54) is 0 Å². The molecule has 0 saturated carbocycles. The first-order chi connectivity index (χ1) is 9.28. The third-order valence-electron chi connectivity index (χ3n) is 2.89. The molecular weight excluding hydrogens is 260 g/mol. The molecule has 0 aliphatic heterocycles. The highest BCUT2D eigenvalue weighted by atomic mass is 32.2. The molecule has 6 heteroatoms. The molecule has 0 saturated heterocycles. The summed E-state index contributed by atoms with van der Waals surface area (Å²) in [4.78, 5) is 0. The minimum absolute atomic E-state index is 0.487. The third-order valence-corrected chi connectivity index (χ3v) is 4.09. The predicted octanol–water partition coefficient (Wildman–Crippen LogP) is 3.27. The second-order valence-electron chi connectivity index (χ2n) is 4.29. The summed E-state index contributed by atoms with van der Waals surface area (Å²) in [6.07, 6.45) is 2.72. The Bertz CT molecular complexity index is 677. The number of aromatic nitrogens is 4. The van der Waals surface area contributed by atoms with Gasteiger partial charge in [-0.05, 0) is 30.7 Å². The molecule has 0 bridgehead atoms. The highest BCUT2D eigenvalue weighted by Gasteiger charge is 2.12. The fraction of sp³-hybridized carbons (Fsp3) is 0.308. The molecule has 3 aromatic heterocycles. The third kappa shape index (κ3) is 2.35. The van der Waals surface area contributed by atoms with Gasteiger partial charge in [0.1, 0.15) is 5.69 Å². The molecule has 0 radical (unpaired) electrons. The van der Waals surface area contributed by atoms with Crippen LogP contribution in [0.4, 0.5) is 0 Å². The summed E-state index contributed by atoms with van der Waals surface area (Å²) >= 11 is 1.68. The standard InChI is InChI=1S/C13H14N4OS/c1-3-9(2)19-13-15-14-12-7-6-10(16-17(12)13)11-5-4-8-18-11/h4-9H,3H2,1-2H3. The quantitative estimate of drug-likeness (QED) is 0.683. The van der Waals surface area contributed by atoms with E-state index >= 15 is 0 Å². The molecule has 3 heterocycles. The Morgan fingerprint density at radius 2 is 2.21 bits per heavy atom. The zero-order valence-corrected chi connectivity index (χ0v) is 11.6. The summed E-state index contributed by atoms with van der Waals surface area (Å²) in [5.41, 5.74) is 1.53. The molecule has 0 aromatic carbocycles. The van der Waals surface area contributed by atoms with Crippen LogP contribution in [0.2, 0.25) is 0 Å². The molecule has 0 spiro atoms. The molecule has 3 rings (SSSR count). The van der Waals surface area contributed by atoms with Crippen LogP contribution >= 0.6 is 11.8 Å². The van der Waals surface area contributed by atoms with E-state index in [-0.39, 0.29) is 0 Å². The highest BCUT2D eigenvalue weighted by molar-refractivity contribution is 7.99. The van der Waals surface area contributed by atoms with Crippen molar-refractivity contribution in [3.8, 4) is 11.5 Å². The topological polar surface area (TPSA) is 56.2 Å². The van der Waals surface area contributed by atoms with Crippen LogP contribution in [0.5, 0.6) is 0 Å². The van der Waals surface area contributed by atoms with Gasteiger partial charge in [0.2, 0.25) is 5.16 Å². The molecule has 5 nitrogen and oxygen atoms in total. The molecule has 0 fully saturated rings. The van der Waals surface area contributed by atoms with Crippen molar-refractivity contribution in [3.05, 3.63) is 30.5 Å². The smallest absolute Gasteiger partial charge is 0.212 e. The molecular formula is C13H14N4OS. The van der Waals surface area contributed by atoms with E-state index in [1.54, 1.807) is 22.5 Å². The van der Waals surface area contributed by atoms with E-state index in [0.717, 1.165) is 28.7 Å². The van der Waals surface area contributed by atoms with Gasteiger partial charge < -0.3 is 4.42 Å². The highest BCUT2D eigenvalue weighted by Crippen LogP contribution is 2.24. The number of thioether (sulfide) groups is 1. The number of rotatable bonds is 4. The predicted molar refractivity (Wildman–Crippen MR) is 74.1 cm³/mol. The average molecular weight is 274 g/mol. The van der Waals surface area contributed by atoms with Gasteiger partial charge in [0, 0.05) is 5.25 Å². The Labute approximate surface area is 115 Å². The lowest BCUT2D eigenvalue weighted by Gasteiger charge is -2.05. The molecule has 0 aliphatic rings. The first kappa shape index (κ1) is 12.2. The zero-order valence-electron chi connectivity index (χ0n) is 10.8. The molecule has 1 atom stereocenters. The van der Waals surface area contributed by atoms with E-state index in [4.69, 9.17) is 4.42 Å². The molecule has 0 amide bonds. The van der Waals surface area contributed by atoms with Gasteiger partial charge in [0.05, 0.1) is 6.26 Å². The van der Waals surface area contributed by atoms with Crippen LogP contribution in [-0.2, 0) is 0 Å². The van der Waals surface area contributed by atoms with E-state index in [1.807, 2.05) is 24.3 Å². The minimum atomic E-state index is 0.487. The van der Waals surface area contributed by atoms with Crippen LogP contribution in [0.15, 0.2) is 40.1 Å². The zero-order chi connectivity index (χ0) is 13.2. The van der Waals surface area contributed by atoms with Crippen molar-refractivity contribution >= 4 is 17.4 Å². The summed E-state index contributed by atoms with van der Waals surface area (Å²) in [7, 11) is 0. The number of furan rings is 1. The fourth-order valence-corrected chi connectivity index (χ4v) is 2.51. The average Bonchev–Trinajstić information content (AvgIpc) is 3.08. The monoisotopic (exact) mass is 274 g/mol. The summed E-state index contributed by atoms with van der Waals surface area (Å²) in [6.45, 7) is 4.32. The van der Waals surface area contributed by atoms with Crippen molar-refractivity contribution in [3.63, 3.8) is 0 Å². The van der Waals surface area contributed by atoms with Crippen LogP contribution in [0.25, 0.3) is 17.1 Å². The van der Waals surface area contributed by atoms with Gasteiger partial charge >= 0.3 is 0 Å². The Kier molecular flexibility index (Phi) is 3.25. The van der Waals surface area contributed by atoms with Crippen LogP contribution in [0.3, 0.4) is 0 Å². The SMILES string of the molecule is CCC(C)Sc1nnc2ccc(-c3ccco3)nn12. The van der Waals surface area contributed by atoms with Crippen LogP contribution in [0.1, 0.15) is 20.3 Å². The number of hydrogen-bond acceptors (Lipinski definition) is 5. The molecule has 1 unspecified atom stereocenters. The van der Waals surface area contributed by atoms with Crippen molar-refractivity contribution in [2.45, 2.75) is 30.7 Å². The van der Waals surface area contributed by atoms with Gasteiger partial charge in [0.25, 0.3) is 0 Å². The van der Waals surface area contributed by atoms with Gasteiger partial charge in [-0.1, -0.05) is 25.6 Å². The van der Waals surface area contributed by atoms with Gasteiger partial charge in [-0.3, -0.25) is 0 Å². The summed E-state index contributed by atoms with van der Waals surface area (Å²) in [6, 6.07) is 7.53. The van der Waals surface area contributed by atoms with E-state index in [9.17, 15) is 0 Å². The Hall–Kier alpha value is -1.82. The van der Waals surface area contributed by atoms with Crippen molar-refractivity contribution in [2.24, 2.45) is 0 Å². The van der Waals surface area contributed by atoms with Crippen molar-refractivity contribution < 1.29 is 4.42 Å². The largest absolute Gasteiger partial charge is 0.463 e. The van der Waals surface area contributed by atoms with Crippen molar-refractivity contribution in [1.82, 2.24) is 19.8 Å². The molecule has 0 N–H and O–H groups in total. The molecule has 19 heavy (non-hydrogen) atoms. The maximum atomic E-state index is 5.36. The number of nitrogens with zero attached hydrogens (tertiary/aromatic N) is 4. The lowest BCUT2D eigenvalue weighted by molar-refractivity contribution is 0.577. The van der Waals surface area contributed by atoms with Gasteiger partial charge in [-0.25, -0.2) is 0 Å². The lowest BCUT2D eigenvalue weighted by Crippen LogP contribution is -1.99. The van der Waals surface area contributed by atoms with Crippen LogP contribution < -0.4 is 0 Å². The van der Waals surface area contributed by atoms with Crippen LogP contribution in [0, 0.1) is 0 Å². The molecule has 3 aromatic rings. The first-order valence-electron chi connectivity index (χ1n) is 6.21. The lowest BCUT2D eigenvalue weighted by atomic mass is 10.3. The fourth-order valence-electron chi connectivity index (χ4n) is 1.66. The second-order valence-corrected chi connectivity index (χ2v) is 5.69. The summed E-state index contributed by atoms with van der Waals surface area (Å²) in [5.74, 6) is 0.745. The second kappa shape index (κ2) is 5.05. The van der Waals surface area contributed by atoms with Crippen LogP contribution in [-0.4, -0.2) is 25.1 Å². The Balaban J connectivity index is 2.03. The normalized spacial score (nSPS) is 12.9. The Morgan fingerprint density at radius 3 is 2.95 bits per heavy atom. The molecule has 0 aliphatic carbocycles. The van der Waals surface area contributed by atoms with Gasteiger partial charge in [0.15, 0.2) is 11.4 Å². The number of fused-ring (bicyclic) bond motifs is 1. The van der Waals surface area contributed by atoms with E-state index in [0.29, 0.717) is 5.25 Å². The summed E-state index contributed by atoms with van der Waals surface area (Å²) in [5, 5.41) is 14.2. The van der Waals surface area contributed by atoms with Crippen molar-refractivity contribution in [1.29, 1.82) is 0 Å². The van der Waals surface area contributed by atoms with Crippen molar-refractivity contribution in [2.75, 3.05) is 0 Å². The minimum Gasteiger partial charge on any atom is -0.463 e. The van der Waals surface area contributed by atoms with Gasteiger partial charge in [-0.2, -0.15) is 9.61 Å².